The van der Waals surface area contributed by atoms with Crippen molar-refractivity contribution in [3.63, 3.8) is 0 Å². The van der Waals surface area contributed by atoms with Gasteiger partial charge in [-0.2, -0.15) is 5.10 Å². The number of ether oxygens (including phenoxy) is 5. The van der Waals surface area contributed by atoms with Crippen molar-refractivity contribution in [3.8, 4) is 5.75 Å². The number of aromatic hydroxyl groups is 1. The van der Waals surface area contributed by atoms with Gasteiger partial charge >= 0.3 is 6.09 Å². The van der Waals surface area contributed by atoms with E-state index in [2.05, 4.69) is 5.10 Å². The highest BCUT2D eigenvalue weighted by molar-refractivity contribution is 5.87. The van der Waals surface area contributed by atoms with Crippen molar-refractivity contribution in [2.75, 3.05) is 44.3 Å². The van der Waals surface area contributed by atoms with E-state index in [1.165, 1.54) is 12.0 Å². The van der Waals surface area contributed by atoms with Gasteiger partial charge in [0.2, 0.25) is 6.29 Å². The van der Waals surface area contributed by atoms with Gasteiger partial charge < -0.3 is 28.8 Å². The number of rotatable bonds is 8. The first-order valence-electron chi connectivity index (χ1n) is 12.3. The van der Waals surface area contributed by atoms with E-state index in [0.717, 1.165) is 11.3 Å². The van der Waals surface area contributed by atoms with Gasteiger partial charge in [-0.25, -0.2) is 4.79 Å². The number of benzene rings is 2. The quantitative estimate of drug-likeness (QED) is 0.570. The van der Waals surface area contributed by atoms with Crippen LogP contribution < -0.4 is 9.91 Å². The van der Waals surface area contributed by atoms with Crippen LogP contribution in [0.5, 0.6) is 5.75 Å². The Bertz CT molecular complexity index is 1060. The number of nitrogens with zero attached hydrogens (tertiary/aromatic N) is 3. The highest BCUT2D eigenvalue weighted by atomic mass is 16.7. The molecule has 0 spiro atoms. The Morgan fingerprint density at radius 2 is 1.76 bits per heavy atom. The molecule has 2 aliphatic rings. The zero-order valence-corrected chi connectivity index (χ0v) is 21.8. The Hall–Kier alpha value is -3.18. The van der Waals surface area contributed by atoms with Crippen LogP contribution in [0.4, 0.5) is 16.2 Å². The summed E-state index contributed by atoms with van der Waals surface area (Å²) in [4.78, 5) is 14.4. The van der Waals surface area contributed by atoms with Crippen molar-refractivity contribution >= 4 is 23.7 Å². The summed E-state index contributed by atoms with van der Waals surface area (Å²) in [5.74, 6) is 0.321. The van der Waals surface area contributed by atoms with E-state index in [4.69, 9.17) is 23.7 Å². The molecule has 1 saturated heterocycles. The van der Waals surface area contributed by atoms with E-state index in [1.54, 1.807) is 26.3 Å². The van der Waals surface area contributed by atoms with E-state index in [9.17, 15) is 9.90 Å². The number of amides is 1. The first kappa shape index (κ1) is 26.9. The van der Waals surface area contributed by atoms with Gasteiger partial charge in [-0.15, -0.1) is 0 Å². The summed E-state index contributed by atoms with van der Waals surface area (Å²) in [5, 5.41) is 15.9. The molecule has 37 heavy (non-hydrogen) atoms. The molecule has 1 fully saturated rings. The second-order valence-corrected chi connectivity index (χ2v) is 9.03. The predicted octanol–water partition coefficient (Wildman–Crippen LogP) is 3.73. The van der Waals surface area contributed by atoms with Gasteiger partial charge in [0.05, 0.1) is 18.3 Å². The third-order valence-electron chi connectivity index (χ3n) is 6.73. The zero-order valence-electron chi connectivity index (χ0n) is 21.8. The van der Waals surface area contributed by atoms with Crippen LogP contribution in [0.1, 0.15) is 25.3 Å². The summed E-state index contributed by atoms with van der Waals surface area (Å²) in [6.45, 7) is 4.88. The Labute approximate surface area is 217 Å². The Morgan fingerprint density at radius 1 is 1.08 bits per heavy atom. The largest absolute Gasteiger partial charge is 0.508 e. The fraction of sp³-hybridized carbons (Fsp3) is 0.481. The lowest BCUT2D eigenvalue weighted by molar-refractivity contribution is -0.292. The second-order valence-electron chi connectivity index (χ2n) is 9.03. The maximum atomic E-state index is 13.0. The number of anilines is 2. The van der Waals surface area contributed by atoms with Gasteiger partial charge in [-0.1, -0.05) is 12.1 Å². The summed E-state index contributed by atoms with van der Waals surface area (Å²) < 4.78 is 28.7. The average Bonchev–Trinajstić information content (AvgIpc) is 3.39. The highest BCUT2D eigenvalue weighted by Gasteiger charge is 2.47. The minimum Gasteiger partial charge on any atom is -0.508 e. The van der Waals surface area contributed by atoms with Gasteiger partial charge in [0.25, 0.3) is 0 Å². The minimum absolute atomic E-state index is 0.101. The van der Waals surface area contributed by atoms with Gasteiger partial charge in [0.1, 0.15) is 24.1 Å². The number of carbonyl (C=O) groups excluding carboxylic acids is 1. The molecule has 10 nitrogen and oxygen atoms in total. The Morgan fingerprint density at radius 3 is 2.38 bits per heavy atom. The molecule has 0 aromatic heterocycles. The van der Waals surface area contributed by atoms with Crippen molar-refractivity contribution in [1.29, 1.82) is 0 Å². The summed E-state index contributed by atoms with van der Waals surface area (Å²) in [6, 6.07) is 14.6. The van der Waals surface area contributed by atoms with Gasteiger partial charge in [0.15, 0.2) is 0 Å². The van der Waals surface area contributed by atoms with Crippen LogP contribution in [0, 0.1) is 0 Å². The SMILES string of the molecule is CCO[C@@H]1[C@@H](OC)[C@H](C)O[C@@H](OC(=O)N(C)c2ccc(C3C=NN(c4ccc(O)cc4)C3)cc2)[C@@H]1OC. The van der Waals surface area contributed by atoms with Crippen molar-refractivity contribution in [1.82, 2.24) is 0 Å². The first-order valence-corrected chi connectivity index (χ1v) is 12.3. The third kappa shape index (κ3) is 5.88. The smallest absolute Gasteiger partial charge is 0.416 e. The lowest BCUT2D eigenvalue weighted by Crippen LogP contribution is -2.60. The standard InChI is InChI=1S/C27H35N3O7/c1-6-35-24-23(33-4)17(2)36-26(25(24)34-5)37-27(32)29(3)20-9-7-18(8-10-20)19-15-28-30(16-19)21-11-13-22(31)14-12-21/h7-15,17,19,23-26,31H,6,16H2,1-5H3/t17-,19?,23-,24+,25+,26-/m0/s1. The number of methoxy groups -OCH3 is 2. The molecule has 6 atom stereocenters. The molecule has 2 aliphatic heterocycles. The number of carbonyl (C=O) groups is 1. The molecular formula is C27H35N3O7. The van der Waals surface area contributed by atoms with E-state index in [-0.39, 0.29) is 23.9 Å². The molecule has 200 valence electrons. The molecule has 1 unspecified atom stereocenters. The Balaban J connectivity index is 1.38. The molecular weight excluding hydrogens is 478 g/mol. The molecule has 0 saturated carbocycles. The molecule has 2 aromatic rings. The predicted molar refractivity (Wildman–Crippen MR) is 139 cm³/mol. The molecule has 0 radical (unpaired) electrons. The maximum absolute atomic E-state index is 13.0. The van der Waals surface area contributed by atoms with E-state index >= 15 is 0 Å². The summed E-state index contributed by atoms with van der Waals surface area (Å²) in [7, 11) is 4.77. The number of hydrazone groups is 1. The average molecular weight is 514 g/mol. The molecule has 10 heteroatoms. The maximum Gasteiger partial charge on any atom is 0.416 e. The lowest BCUT2D eigenvalue weighted by Gasteiger charge is -2.43. The normalized spacial score (nSPS) is 27.3. The number of phenols is 1. The van der Waals surface area contributed by atoms with Crippen LogP contribution in [0.25, 0.3) is 0 Å². The van der Waals surface area contributed by atoms with E-state index < -0.39 is 24.6 Å². The zero-order chi connectivity index (χ0) is 26.5. The second kappa shape index (κ2) is 11.9. The van der Waals surface area contributed by atoms with Gasteiger partial charge in [-0.3, -0.25) is 9.91 Å². The summed E-state index contributed by atoms with van der Waals surface area (Å²) in [6.07, 6.45) is -1.41. The number of phenolic OH excluding ortho intramolecular Hbond substituents is 1. The van der Waals surface area contributed by atoms with Crippen molar-refractivity contribution in [3.05, 3.63) is 54.1 Å². The van der Waals surface area contributed by atoms with Crippen molar-refractivity contribution in [2.45, 2.75) is 50.5 Å². The molecule has 1 N–H and O–H groups in total. The van der Waals surface area contributed by atoms with Crippen LogP contribution in [-0.4, -0.2) is 82.5 Å². The first-order chi connectivity index (χ1) is 17.9. The van der Waals surface area contributed by atoms with Crippen LogP contribution in [-0.2, 0) is 23.7 Å². The summed E-state index contributed by atoms with van der Waals surface area (Å²) >= 11 is 0. The third-order valence-corrected chi connectivity index (χ3v) is 6.73. The van der Waals surface area contributed by atoms with Gasteiger partial charge in [0, 0.05) is 45.7 Å². The Kier molecular flexibility index (Phi) is 8.65. The van der Waals surface area contributed by atoms with Crippen LogP contribution >= 0.6 is 0 Å². The lowest BCUT2D eigenvalue weighted by atomic mass is 9.99. The van der Waals surface area contributed by atoms with Crippen molar-refractivity contribution < 1.29 is 33.6 Å². The highest BCUT2D eigenvalue weighted by Crippen LogP contribution is 2.30. The van der Waals surface area contributed by atoms with Crippen LogP contribution in [0.15, 0.2) is 53.6 Å². The number of hydrogen-bond acceptors (Lipinski definition) is 9. The minimum atomic E-state index is -0.947. The molecule has 0 aliphatic carbocycles. The molecule has 2 aromatic carbocycles. The van der Waals surface area contributed by atoms with E-state index in [0.29, 0.717) is 18.8 Å². The van der Waals surface area contributed by atoms with Crippen LogP contribution in [0.2, 0.25) is 0 Å². The monoisotopic (exact) mass is 513 g/mol. The van der Waals surface area contributed by atoms with Crippen LogP contribution in [0.3, 0.4) is 0 Å². The molecule has 1 amide bonds. The van der Waals surface area contributed by atoms with Gasteiger partial charge in [-0.05, 0) is 55.8 Å². The number of hydrogen-bond donors (Lipinski definition) is 1. The molecule has 4 rings (SSSR count). The molecule has 2 heterocycles. The molecule has 0 bridgehead atoms. The van der Waals surface area contributed by atoms with E-state index in [1.807, 2.05) is 61.5 Å². The summed E-state index contributed by atoms with van der Waals surface area (Å²) in [5.41, 5.74) is 2.66. The topological polar surface area (TPSA) is 102 Å². The fourth-order valence-electron chi connectivity index (χ4n) is 4.68. The fourth-order valence-corrected chi connectivity index (χ4v) is 4.68. The van der Waals surface area contributed by atoms with Crippen molar-refractivity contribution in [2.24, 2.45) is 5.10 Å².